The SMILES string of the molecule is Cc1ccc(Nc2ccc(N(c3ccccc3)c3ccc(-c4ccccc4)cc3)cc2)cc1. The zero-order chi connectivity index (χ0) is 22.5. The second-order valence-corrected chi connectivity index (χ2v) is 8.12. The lowest BCUT2D eigenvalue weighted by molar-refractivity contribution is 1.28. The molecule has 33 heavy (non-hydrogen) atoms. The van der Waals surface area contributed by atoms with Crippen molar-refractivity contribution < 1.29 is 0 Å². The Morgan fingerprint density at radius 2 is 0.848 bits per heavy atom. The van der Waals surface area contributed by atoms with Gasteiger partial charge in [0.05, 0.1) is 0 Å². The van der Waals surface area contributed by atoms with Crippen molar-refractivity contribution in [2.24, 2.45) is 0 Å². The Bertz CT molecular complexity index is 1290. The third kappa shape index (κ3) is 4.81. The number of hydrogen-bond donors (Lipinski definition) is 1. The highest BCUT2D eigenvalue weighted by atomic mass is 15.1. The van der Waals surface area contributed by atoms with Crippen molar-refractivity contribution in [1.29, 1.82) is 0 Å². The zero-order valence-electron chi connectivity index (χ0n) is 18.6. The summed E-state index contributed by atoms with van der Waals surface area (Å²) in [5.41, 5.74) is 9.21. The maximum atomic E-state index is 3.48. The van der Waals surface area contributed by atoms with Crippen LogP contribution in [0.15, 0.2) is 133 Å². The van der Waals surface area contributed by atoms with Gasteiger partial charge in [0.15, 0.2) is 0 Å². The van der Waals surface area contributed by atoms with Crippen molar-refractivity contribution in [3.8, 4) is 11.1 Å². The van der Waals surface area contributed by atoms with Gasteiger partial charge in [-0.3, -0.25) is 0 Å². The third-order valence-electron chi connectivity index (χ3n) is 5.71. The minimum absolute atomic E-state index is 1.06. The van der Waals surface area contributed by atoms with Crippen molar-refractivity contribution in [3.63, 3.8) is 0 Å². The van der Waals surface area contributed by atoms with E-state index in [9.17, 15) is 0 Å². The Morgan fingerprint density at radius 1 is 0.424 bits per heavy atom. The molecule has 0 spiro atoms. The maximum absolute atomic E-state index is 3.48. The van der Waals surface area contributed by atoms with E-state index in [1.807, 2.05) is 6.07 Å². The lowest BCUT2D eigenvalue weighted by atomic mass is 10.0. The first kappa shape index (κ1) is 20.6. The van der Waals surface area contributed by atoms with Gasteiger partial charge in [0, 0.05) is 28.4 Å². The second-order valence-electron chi connectivity index (χ2n) is 8.12. The van der Waals surface area contributed by atoms with Gasteiger partial charge in [-0.1, -0.05) is 78.4 Å². The summed E-state index contributed by atoms with van der Waals surface area (Å²) in [5, 5.41) is 3.48. The minimum Gasteiger partial charge on any atom is -0.356 e. The average molecular weight is 427 g/mol. The number of benzene rings is 5. The molecule has 0 aliphatic rings. The average Bonchev–Trinajstić information content (AvgIpc) is 2.88. The Hall–Kier alpha value is -4.30. The Balaban J connectivity index is 1.45. The largest absolute Gasteiger partial charge is 0.356 e. The molecule has 0 heterocycles. The summed E-state index contributed by atoms with van der Waals surface area (Å²) in [6.07, 6.45) is 0. The molecule has 0 saturated carbocycles. The molecule has 0 radical (unpaired) electrons. The fourth-order valence-electron chi connectivity index (χ4n) is 3.96. The summed E-state index contributed by atoms with van der Waals surface area (Å²) in [5.74, 6) is 0. The van der Waals surface area contributed by atoms with E-state index in [2.05, 4.69) is 145 Å². The van der Waals surface area contributed by atoms with Crippen LogP contribution in [0.5, 0.6) is 0 Å². The smallest absolute Gasteiger partial charge is 0.0463 e. The van der Waals surface area contributed by atoms with E-state index in [0.29, 0.717) is 0 Å². The standard InChI is InChI=1S/C31H26N2/c1-24-12-16-27(17-13-24)32-28-18-22-31(23-19-28)33(29-10-6-3-7-11-29)30-20-14-26(15-21-30)25-8-4-2-5-9-25/h2-23,32H,1H3. The summed E-state index contributed by atoms with van der Waals surface area (Å²) < 4.78 is 0. The molecule has 0 aliphatic heterocycles. The number of rotatable bonds is 6. The lowest BCUT2D eigenvalue weighted by Gasteiger charge is -2.26. The van der Waals surface area contributed by atoms with E-state index in [1.54, 1.807) is 0 Å². The molecule has 5 aromatic carbocycles. The Morgan fingerprint density at radius 3 is 1.42 bits per heavy atom. The third-order valence-corrected chi connectivity index (χ3v) is 5.71. The summed E-state index contributed by atoms with van der Waals surface area (Å²) in [6, 6.07) is 46.8. The molecule has 0 amide bonds. The van der Waals surface area contributed by atoms with Crippen molar-refractivity contribution in [2.75, 3.05) is 10.2 Å². The topological polar surface area (TPSA) is 15.3 Å². The van der Waals surface area contributed by atoms with Crippen LogP contribution in [0.3, 0.4) is 0 Å². The first-order valence-electron chi connectivity index (χ1n) is 11.2. The van der Waals surface area contributed by atoms with Gasteiger partial charge in [-0.2, -0.15) is 0 Å². The predicted molar refractivity (Wildman–Crippen MR) is 141 cm³/mol. The normalized spacial score (nSPS) is 10.6. The molecule has 1 N–H and O–H groups in total. The second kappa shape index (κ2) is 9.46. The van der Waals surface area contributed by atoms with Gasteiger partial charge in [-0.05, 0) is 78.7 Å². The van der Waals surface area contributed by atoms with Gasteiger partial charge < -0.3 is 10.2 Å². The van der Waals surface area contributed by atoms with Crippen LogP contribution in [-0.2, 0) is 0 Å². The molecule has 5 rings (SSSR count). The zero-order valence-corrected chi connectivity index (χ0v) is 18.6. The van der Waals surface area contributed by atoms with E-state index in [1.165, 1.54) is 16.7 Å². The van der Waals surface area contributed by atoms with Gasteiger partial charge in [0.25, 0.3) is 0 Å². The number of hydrogen-bond acceptors (Lipinski definition) is 2. The van der Waals surface area contributed by atoms with E-state index in [-0.39, 0.29) is 0 Å². The summed E-state index contributed by atoms with van der Waals surface area (Å²) in [6.45, 7) is 2.10. The van der Waals surface area contributed by atoms with Gasteiger partial charge in [-0.25, -0.2) is 0 Å². The molecule has 0 aromatic heterocycles. The first-order valence-corrected chi connectivity index (χ1v) is 11.2. The fourth-order valence-corrected chi connectivity index (χ4v) is 3.96. The van der Waals surface area contributed by atoms with Crippen LogP contribution in [-0.4, -0.2) is 0 Å². The van der Waals surface area contributed by atoms with Crippen LogP contribution in [0.25, 0.3) is 11.1 Å². The van der Waals surface area contributed by atoms with Crippen LogP contribution in [0.4, 0.5) is 28.4 Å². The number of nitrogens with one attached hydrogen (secondary N) is 1. The molecule has 0 atom stereocenters. The van der Waals surface area contributed by atoms with Crippen molar-refractivity contribution in [2.45, 2.75) is 6.92 Å². The van der Waals surface area contributed by atoms with Crippen LogP contribution < -0.4 is 10.2 Å². The Kier molecular flexibility index (Phi) is 5.90. The first-order chi connectivity index (χ1) is 16.3. The van der Waals surface area contributed by atoms with E-state index in [0.717, 1.165) is 28.4 Å². The van der Waals surface area contributed by atoms with Gasteiger partial charge in [0.2, 0.25) is 0 Å². The van der Waals surface area contributed by atoms with Crippen molar-refractivity contribution >= 4 is 28.4 Å². The highest BCUT2D eigenvalue weighted by Gasteiger charge is 2.12. The van der Waals surface area contributed by atoms with Crippen LogP contribution in [0.1, 0.15) is 5.56 Å². The van der Waals surface area contributed by atoms with Crippen LogP contribution in [0, 0.1) is 6.92 Å². The molecule has 160 valence electrons. The molecule has 5 aromatic rings. The van der Waals surface area contributed by atoms with E-state index in [4.69, 9.17) is 0 Å². The number of para-hydroxylation sites is 1. The predicted octanol–water partition coefficient (Wildman–Crippen LogP) is 8.88. The minimum atomic E-state index is 1.06. The fraction of sp³-hybridized carbons (Fsp3) is 0.0323. The van der Waals surface area contributed by atoms with E-state index >= 15 is 0 Å². The Labute approximate surface area is 195 Å². The van der Waals surface area contributed by atoms with Crippen molar-refractivity contribution in [1.82, 2.24) is 0 Å². The highest BCUT2D eigenvalue weighted by molar-refractivity contribution is 5.79. The molecule has 0 bridgehead atoms. The summed E-state index contributed by atoms with van der Waals surface area (Å²) in [7, 11) is 0. The number of anilines is 5. The quantitative estimate of drug-likeness (QED) is 0.292. The molecule has 2 heteroatoms. The van der Waals surface area contributed by atoms with Crippen LogP contribution in [0.2, 0.25) is 0 Å². The maximum Gasteiger partial charge on any atom is 0.0463 e. The van der Waals surface area contributed by atoms with E-state index < -0.39 is 0 Å². The highest BCUT2D eigenvalue weighted by Crippen LogP contribution is 2.36. The monoisotopic (exact) mass is 426 g/mol. The number of nitrogens with zero attached hydrogens (tertiary/aromatic N) is 1. The van der Waals surface area contributed by atoms with Crippen LogP contribution >= 0.6 is 0 Å². The molecule has 0 unspecified atom stereocenters. The molecule has 2 nitrogen and oxygen atoms in total. The summed E-state index contributed by atoms with van der Waals surface area (Å²) >= 11 is 0. The molecule has 0 saturated heterocycles. The molecular formula is C31H26N2. The van der Waals surface area contributed by atoms with Crippen molar-refractivity contribution in [3.05, 3.63) is 139 Å². The molecular weight excluding hydrogens is 400 g/mol. The molecule has 0 aliphatic carbocycles. The number of aryl methyl sites for hydroxylation is 1. The van der Waals surface area contributed by atoms with Gasteiger partial charge in [0.1, 0.15) is 0 Å². The lowest BCUT2D eigenvalue weighted by Crippen LogP contribution is -2.09. The van der Waals surface area contributed by atoms with Gasteiger partial charge >= 0.3 is 0 Å². The summed E-state index contributed by atoms with van der Waals surface area (Å²) in [4.78, 5) is 2.28. The van der Waals surface area contributed by atoms with Gasteiger partial charge in [-0.15, -0.1) is 0 Å². The molecule has 0 fully saturated rings.